The molecule has 0 aliphatic carbocycles. The average Bonchev–Trinajstić information content (AvgIpc) is 2.53. The van der Waals surface area contributed by atoms with Crippen LogP contribution in [0.25, 0.3) is 0 Å². The third kappa shape index (κ3) is 13.1. The molecule has 24 heavy (non-hydrogen) atoms. The Morgan fingerprint density at radius 1 is 0.917 bits per heavy atom. The lowest BCUT2D eigenvalue weighted by molar-refractivity contribution is -0.0208. The maximum absolute atomic E-state index is 13.7. The molecule has 3 atom stereocenters. The Balaban J connectivity index is 3.65. The van der Waals surface area contributed by atoms with Gasteiger partial charge in [0.1, 0.15) is 0 Å². The number of rotatable bonds is 16. The van der Waals surface area contributed by atoms with Crippen molar-refractivity contribution in [2.24, 2.45) is 0 Å². The van der Waals surface area contributed by atoms with Crippen LogP contribution in [0.2, 0.25) is 0 Å². The molecule has 3 N–H and O–H groups in total. The third-order valence-electron chi connectivity index (χ3n) is 4.77. The minimum absolute atomic E-state index is 0.00738. The lowest BCUT2D eigenvalue weighted by Gasteiger charge is -2.21. The van der Waals surface area contributed by atoms with Crippen LogP contribution < -0.4 is 5.32 Å². The lowest BCUT2D eigenvalue weighted by atomic mass is 9.99. The van der Waals surface area contributed by atoms with Gasteiger partial charge in [0.05, 0.1) is 12.2 Å². The fourth-order valence-electron chi connectivity index (χ4n) is 2.85. The van der Waals surface area contributed by atoms with Crippen LogP contribution >= 0.6 is 0 Å². The largest absolute Gasteiger partial charge is 0.393 e. The van der Waals surface area contributed by atoms with Crippen LogP contribution in [0.15, 0.2) is 0 Å². The van der Waals surface area contributed by atoms with Gasteiger partial charge in [0.15, 0.2) is 0 Å². The van der Waals surface area contributed by atoms with E-state index in [1.165, 1.54) is 0 Å². The Hall–Kier alpha value is -0.260. The third-order valence-corrected chi connectivity index (χ3v) is 4.77. The van der Waals surface area contributed by atoms with E-state index in [-0.39, 0.29) is 18.9 Å². The number of aliphatic hydroxyl groups excluding tert-OH is 2. The number of hydrogen-bond acceptors (Lipinski definition) is 3. The molecule has 0 rings (SSSR count). The molecule has 146 valence electrons. The molecule has 0 heterocycles. The fourth-order valence-corrected chi connectivity index (χ4v) is 2.85. The topological polar surface area (TPSA) is 52.5 Å². The summed E-state index contributed by atoms with van der Waals surface area (Å²) >= 11 is 0. The molecule has 0 aromatic heterocycles. The Bertz CT molecular complexity index is 291. The van der Waals surface area contributed by atoms with Crippen molar-refractivity contribution in [1.29, 1.82) is 0 Å². The number of likely N-dealkylation sites (N-methyl/N-ethyl adjacent to an activating group) is 1. The maximum Gasteiger partial charge on any atom is 0.248 e. The van der Waals surface area contributed by atoms with Crippen LogP contribution in [0.4, 0.5) is 8.78 Å². The van der Waals surface area contributed by atoms with Gasteiger partial charge in [-0.1, -0.05) is 45.4 Å². The molecule has 0 amide bonds. The van der Waals surface area contributed by atoms with Crippen LogP contribution in [-0.2, 0) is 0 Å². The zero-order chi connectivity index (χ0) is 18.4. The molecule has 0 bridgehead atoms. The van der Waals surface area contributed by atoms with Crippen molar-refractivity contribution in [2.45, 2.75) is 115 Å². The van der Waals surface area contributed by atoms with Crippen molar-refractivity contribution < 1.29 is 19.0 Å². The van der Waals surface area contributed by atoms with Crippen molar-refractivity contribution in [3.05, 3.63) is 0 Å². The summed E-state index contributed by atoms with van der Waals surface area (Å²) in [5.74, 6) is -2.54. The standard InChI is InChI=1S/C19H39F2NO2/c1-4-5-6-7-10-13-19(20,21)14-11-8-9-12-17(23)15-18(24)16(2)22-3/h16-18,22-24H,4-15H2,1-3H3/t16-,17-,18-/m0/s1. The summed E-state index contributed by atoms with van der Waals surface area (Å²) in [5.41, 5.74) is 0. The number of aliphatic hydroxyl groups is 2. The van der Waals surface area contributed by atoms with Gasteiger partial charge in [-0.25, -0.2) is 8.78 Å². The lowest BCUT2D eigenvalue weighted by Crippen LogP contribution is -2.37. The first-order valence-electron chi connectivity index (χ1n) is 9.73. The zero-order valence-corrected chi connectivity index (χ0v) is 15.9. The predicted molar refractivity (Wildman–Crippen MR) is 96.6 cm³/mol. The maximum atomic E-state index is 13.7. The molecule has 3 nitrogen and oxygen atoms in total. The SMILES string of the molecule is CCCCCCCC(F)(F)CCCCC[C@H](O)C[C@H](O)[C@H](C)NC. The zero-order valence-electron chi connectivity index (χ0n) is 15.9. The summed E-state index contributed by atoms with van der Waals surface area (Å²) in [7, 11) is 1.77. The Morgan fingerprint density at radius 3 is 2.00 bits per heavy atom. The van der Waals surface area contributed by atoms with E-state index < -0.39 is 18.1 Å². The summed E-state index contributed by atoms with van der Waals surface area (Å²) in [6.45, 7) is 3.98. The molecule has 0 aromatic carbocycles. The van der Waals surface area contributed by atoms with E-state index in [1.807, 2.05) is 6.92 Å². The monoisotopic (exact) mass is 351 g/mol. The average molecular weight is 352 g/mol. The molecule has 0 saturated heterocycles. The fraction of sp³-hybridized carbons (Fsp3) is 1.00. The van der Waals surface area contributed by atoms with Crippen LogP contribution in [0.5, 0.6) is 0 Å². The van der Waals surface area contributed by atoms with Gasteiger partial charge in [-0.15, -0.1) is 0 Å². The number of nitrogens with one attached hydrogen (secondary N) is 1. The molecule has 5 heteroatoms. The highest BCUT2D eigenvalue weighted by atomic mass is 19.3. The van der Waals surface area contributed by atoms with Gasteiger partial charge in [0.25, 0.3) is 0 Å². The molecule has 0 radical (unpaired) electrons. The van der Waals surface area contributed by atoms with Crippen LogP contribution in [0.1, 0.15) is 90.9 Å². The molecule has 0 fully saturated rings. The summed E-state index contributed by atoms with van der Waals surface area (Å²) < 4.78 is 27.5. The summed E-state index contributed by atoms with van der Waals surface area (Å²) in [6, 6.07) is -0.0596. The van der Waals surface area contributed by atoms with Crippen molar-refractivity contribution in [2.75, 3.05) is 7.05 Å². The van der Waals surface area contributed by atoms with Crippen LogP contribution in [0, 0.1) is 0 Å². The van der Waals surface area contributed by atoms with E-state index in [1.54, 1.807) is 7.05 Å². The molecule has 0 aliphatic heterocycles. The van der Waals surface area contributed by atoms with Gasteiger partial charge in [0.2, 0.25) is 5.92 Å². The van der Waals surface area contributed by atoms with E-state index in [0.29, 0.717) is 32.1 Å². The molecular weight excluding hydrogens is 312 g/mol. The van der Waals surface area contributed by atoms with Gasteiger partial charge in [-0.2, -0.15) is 0 Å². The highest BCUT2D eigenvalue weighted by molar-refractivity contribution is 4.73. The van der Waals surface area contributed by atoms with E-state index >= 15 is 0 Å². The Morgan fingerprint density at radius 2 is 1.46 bits per heavy atom. The number of alkyl halides is 2. The Kier molecular flexibility index (Phi) is 13.8. The summed E-state index contributed by atoms with van der Waals surface area (Å²) in [5, 5.41) is 22.6. The van der Waals surface area contributed by atoms with Gasteiger partial charge >= 0.3 is 0 Å². The van der Waals surface area contributed by atoms with Crippen molar-refractivity contribution in [3.63, 3.8) is 0 Å². The van der Waals surface area contributed by atoms with E-state index in [9.17, 15) is 19.0 Å². The van der Waals surface area contributed by atoms with Crippen LogP contribution in [0.3, 0.4) is 0 Å². The minimum atomic E-state index is -2.54. The van der Waals surface area contributed by atoms with Gasteiger partial charge < -0.3 is 15.5 Å². The molecule has 0 saturated carbocycles. The second-order valence-corrected chi connectivity index (χ2v) is 7.15. The van der Waals surface area contributed by atoms with E-state index in [0.717, 1.165) is 32.1 Å². The smallest absolute Gasteiger partial charge is 0.248 e. The van der Waals surface area contributed by atoms with Gasteiger partial charge in [0, 0.05) is 25.3 Å². The first kappa shape index (κ1) is 23.7. The molecular formula is C19H39F2NO2. The summed E-state index contributed by atoms with van der Waals surface area (Å²) in [4.78, 5) is 0. The van der Waals surface area contributed by atoms with E-state index in [4.69, 9.17) is 0 Å². The number of hydrogen-bond donors (Lipinski definition) is 3. The molecule has 0 aliphatic rings. The highest BCUT2D eigenvalue weighted by Crippen LogP contribution is 2.28. The second kappa shape index (κ2) is 14.0. The quantitative estimate of drug-likeness (QED) is 0.355. The second-order valence-electron chi connectivity index (χ2n) is 7.15. The molecule has 0 unspecified atom stereocenters. The van der Waals surface area contributed by atoms with Gasteiger partial charge in [-0.05, 0) is 33.2 Å². The summed E-state index contributed by atoms with van der Waals surface area (Å²) in [6.07, 6.45) is 6.51. The number of unbranched alkanes of at least 4 members (excludes halogenated alkanes) is 6. The molecule has 0 spiro atoms. The van der Waals surface area contributed by atoms with Crippen molar-refractivity contribution in [1.82, 2.24) is 5.32 Å². The van der Waals surface area contributed by atoms with Gasteiger partial charge in [-0.3, -0.25) is 0 Å². The first-order chi connectivity index (χ1) is 11.3. The number of halogens is 2. The van der Waals surface area contributed by atoms with Crippen molar-refractivity contribution >= 4 is 0 Å². The van der Waals surface area contributed by atoms with E-state index in [2.05, 4.69) is 12.2 Å². The highest BCUT2D eigenvalue weighted by Gasteiger charge is 2.27. The van der Waals surface area contributed by atoms with Crippen LogP contribution in [-0.4, -0.2) is 41.4 Å². The van der Waals surface area contributed by atoms with Crippen molar-refractivity contribution in [3.8, 4) is 0 Å². The predicted octanol–water partition coefficient (Wildman–Crippen LogP) is 4.65. The molecule has 0 aromatic rings. The Labute approximate surface area is 147 Å². The minimum Gasteiger partial charge on any atom is -0.393 e. The normalized spacial score (nSPS) is 16.1. The first-order valence-corrected chi connectivity index (χ1v) is 9.73.